The SMILES string of the molecule is NCCCCNc1ccc(Cl)c(Cl)c1. The lowest BCUT2D eigenvalue weighted by molar-refractivity contribution is 0.774. The lowest BCUT2D eigenvalue weighted by Gasteiger charge is -2.06. The summed E-state index contributed by atoms with van der Waals surface area (Å²) in [5.41, 5.74) is 6.38. The molecule has 0 fully saturated rings. The molecule has 3 N–H and O–H groups in total. The standard InChI is InChI=1S/C10H14Cl2N2/c11-9-4-3-8(7-10(9)12)14-6-2-1-5-13/h3-4,7,14H,1-2,5-6,13H2. The number of hydrogen-bond donors (Lipinski definition) is 2. The van der Waals surface area contributed by atoms with Crippen molar-refractivity contribution >= 4 is 28.9 Å². The quantitative estimate of drug-likeness (QED) is 0.766. The Morgan fingerprint density at radius 3 is 2.57 bits per heavy atom. The first-order valence-corrected chi connectivity index (χ1v) is 5.38. The van der Waals surface area contributed by atoms with Crippen molar-refractivity contribution in [1.29, 1.82) is 0 Å². The van der Waals surface area contributed by atoms with E-state index in [1.807, 2.05) is 12.1 Å². The van der Waals surface area contributed by atoms with Crippen molar-refractivity contribution in [3.63, 3.8) is 0 Å². The average Bonchev–Trinajstić information content (AvgIpc) is 2.18. The molecule has 0 heterocycles. The first kappa shape index (κ1) is 11.6. The molecule has 1 rings (SSSR count). The summed E-state index contributed by atoms with van der Waals surface area (Å²) in [6, 6.07) is 5.53. The van der Waals surface area contributed by atoms with E-state index >= 15 is 0 Å². The van der Waals surface area contributed by atoms with Gasteiger partial charge in [-0.2, -0.15) is 0 Å². The number of hydrogen-bond acceptors (Lipinski definition) is 2. The van der Waals surface area contributed by atoms with Crippen LogP contribution < -0.4 is 11.1 Å². The summed E-state index contributed by atoms with van der Waals surface area (Å²) >= 11 is 11.7. The molecule has 0 spiro atoms. The third-order valence-electron chi connectivity index (χ3n) is 1.88. The Labute approximate surface area is 94.4 Å². The molecule has 78 valence electrons. The van der Waals surface area contributed by atoms with Crippen LogP contribution in [0.25, 0.3) is 0 Å². The van der Waals surface area contributed by atoms with Crippen LogP contribution in [0.1, 0.15) is 12.8 Å². The van der Waals surface area contributed by atoms with Gasteiger partial charge in [0.15, 0.2) is 0 Å². The molecule has 1 aromatic rings. The van der Waals surface area contributed by atoms with Crippen molar-refractivity contribution in [3.8, 4) is 0 Å². The second kappa shape index (κ2) is 6.12. The van der Waals surface area contributed by atoms with Crippen molar-refractivity contribution in [2.24, 2.45) is 5.73 Å². The monoisotopic (exact) mass is 232 g/mol. The molecule has 0 aromatic heterocycles. The lowest BCUT2D eigenvalue weighted by Crippen LogP contribution is -2.05. The number of nitrogens with two attached hydrogens (primary N) is 1. The third-order valence-corrected chi connectivity index (χ3v) is 2.62. The summed E-state index contributed by atoms with van der Waals surface area (Å²) < 4.78 is 0. The van der Waals surface area contributed by atoms with Gasteiger partial charge in [-0.25, -0.2) is 0 Å². The summed E-state index contributed by atoms with van der Waals surface area (Å²) in [7, 11) is 0. The van der Waals surface area contributed by atoms with Gasteiger partial charge < -0.3 is 11.1 Å². The van der Waals surface area contributed by atoms with Gasteiger partial charge in [-0.3, -0.25) is 0 Å². The largest absolute Gasteiger partial charge is 0.385 e. The van der Waals surface area contributed by atoms with Gasteiger partial charge in [0.25, 0.3) is 0 Å². The zero-order valence-corrected chi connectivity index (χ0v) is 9.41. The number of unbranched alkanes of at least 4 members (excludes halogenated alkanes) is 1. The highest BCUT2D eigenvalue weighted by molar-refractivity contribution is 6.42. The number of halogens is 2. The molecule has 0 aliphatic heterocycles. The van der Waals surface area contributed by atoms with E-state index < -0.39 is 0 Å². The summed E-state index contributed by atoms with van der Waals surface area (Å²) in [5, 5.41) is 4.41. The molecule has 0 aliphatic carbocycles. The summed E-state index contributed by atoms with van der Waals surface area (Å²) in [6.07, 6.45) is 2.10. The summed E-state index contributed by atoms with van der Waals surface area (Å²) in [5.74, 6) is 0. The van der Waals surface area contributed by atoms with E-state index in [1.165, 1.54) is 0 Å². The summed E-state index contributed by atoms with van der Waals surface area (Å²) in [4.78, 5) is 0. The fourth-order valence-corrected chi connectivity index (χ4v) is 1.41. The van der Waals surface area contributed by atoms with Gasteiger partial charge >= 0.3 is 0 Å². The molecule has 2 nitrogen and oxygen atoms in total. The van der Waals surface area contributed by atoms with Crippen LogP contribution >= 0.6 is 23.2 Å². The predicted octanol–water partition coefficient (Wildman–Crippen LogP) is 3.14. The van der Waals surface area contributed by atoms with Crippen molar-refractivity contribution in [1.82, 2.24) is 0 Å². The van der Waals surface area contributed by atoms with E-state index in [4.69, 9.17) is 28.9 Å². The van der Waals surface area contributed by atoms with Gasteiger partial charge in [0.2, 0.25) is 0 Å². The fraction of sp³-hybridized carbons (Fsp3) is 0.400. The van der Waals surface area contributed by atoms with Crippen LogP contribution in [0.3, 0.4) is 0 Å². The molecular weight excluding hydrogens is 219 g/mol. The Morgan fingerprint density at radius 1 is 1.14 bits per heavy atom. The first-order valence-electron chi connectivity index (χ1n) is 4.63. The molecule has 0 saturated heterocycles. The van der Waals surface area contributed by atoms with E-state index in [1.54, 1.807) is 6.07 Å². The molecule has 0 bridgehead atoms. The molecule has 0 amide bonds. The van der Waals surface area contributed by atoms with E-state index in [0.717, 1.165) is 31.6 Å². The van der Waals surface area contributed by atoms with Crippen LogP contribution in [0.15, 0.2) is 18.2 Å². The van der Waals surface area contributed by atoms with Crippen molar-refractivity contribution < 1.29 is 0 Å². The van der Waals surface area contributed by atoms with Crippen molar-refractivity contribution in [2.45, 2.75) is 12.8 Å². The fourth-order valence-electron chi connectivity index (χ4n) is 1.11. The third kappa shape index (κ3) is 3.74. The van der Waals surface area contributed by atoms with Crippen LogP contribution in [0.2, 0.25) is 10.0 Å². The van der Waals surface area contributed by atoms with Gasteiger partial charge in [0, 0.05) is 12.2 Å². The highest BCUT2D eigenvalue weighted by atomic mass is 35.5. The Hall–Kier alpha value is -0.440. The molecule has 0 saturated carbocycles. The molecule has 0 radical (unpaired) electrons. The zero-order valence-electron chi connectivity index (χ0n) is 7.89. The Kier molecular flexibility index (Phi) is 5.09. The highest BCUT2D eigenvalue weighted by Gasteiger charge is 1.98. The van der Waals surface area contributed by atoms with Gasteiger partial charge in [0.05, 0.1) is 10.0 Å². The molecule has 0 unspecified atom stereocenters. The van der Waals surface area contributed by atoms with E-state index in [2.05, 4.69) is 5.32 Å². The molecular formula is C10H14Cl2N2. The second-order valence-electron chi connectivity index (χ2n) is 3.05. The maximum atomic E-state index is 5.86. The summed E-state index contributed by atoms with van der Waals surface area (Å²) in [6.45, 7) is 1.65. The molecule has 14 heavy (non-hydrogen) atoms. The second-order valence-corrected chi connectivity index (χ2v) is 3.87. The van der Waals surface area contributed by atoms with Gasteiger partial charge in [0.1, 0.15) is 0 Å². The maximum absolute atomic E-state index is 5.86. The minimum Gasteiger partial charge on any atom is -0.385 e. The minimum absolute atomic E-state index is 0.579. The van der Waals surface area contributed by atoms with Gasteiger partial charge in [-0.05, 0) is 37.6 Å². The number of anilines is 1. The van der Waals surface area contributed by atoms with Crippen LogP contribution in [0, 0.1) is 0 Å². The normalized spacial score (nSPS) is 10.2. The van der Waals surface area contributed by atoms with Crippen molar-refractivity contribution in [3.05, 3.63) is 28.2 Å². The topological polar surface area (TPSA) is 38.0 Å². The smallest absolute Gasteiger partial charge is 0.0612 e. The van der Waals surface area contributed by atoms with Crippen LogP contribution in [0.5, 0.6) is 0 Å². The van der Waals surface area contributed by atoms with E-state index in [0.29, 0.717) is 10.0 Å². The van der Waals surface area contributed by atoms with Crippen LogP contribution in [-0.4, -0.2) is 13.1 Å². The van der Waals surface area contributed by atoms with Crippen molar-refractivity contribution in [2.75, 3.05) is 18.4 Å². The van der Waals surface area contributed by atoms with E-state index in [9.17, 15) is 0 Å². The number of benzene rings is 1. The molecule has 0 aliphatic rings. The van der Waals surface area contributed by atoms with Gasteiger partial charge in [-0.15, -0.1) is 0 Å². The Bertz CT molecular complexity index is 289. The molecule has 4 heteroatoms. The van der Waals surface area contributed by atoms with Gasteiger partial charge in [-0.1, -0.05) is 23.2 Å². The van der Waals surface area contributed by atoms with Crippen LogP contribution in [0.4, 0.5) is 5.69 Å². The Morgan fingerprint density at radius 2 is 1.93 bits per heavy atom. The zero-order chi connectivity index (χ0) is 10.4. The van der Waals surface area contributed by atoms with Crippen LogP contribution in [-0.2, 0) is 0 Å². The lowest BCUT2D eigenvalue weighted by atomic mass is 10.3. The molecule has 0 atom stereocenters. The molecule has 1 aromatic carbocycles. The Balaban J connectivity index is 2.39. The highest BCUT2D eigenvalue weighted by Crippen LogP contribution is 2.24. The predicted molar refractivity (Wildman–Crippen MR) is 63.2 cm³/mol. The minimum atomic E-state index is 0.579. The number of rotatable bonds is 5. The maximum Gasteiger partial charge on any atom is 0.0612 e. The number of nitrogens with one attached hydrogen (secondary N) is 1. The average molecular weight is 233 g/mol. The van der Waals surface area contributed by atoms with E-state index in [-0.39, 0.29) is 0 Å². The first-order chi connectivity index (χ1) is 6.74.